The summed E-state index contributed by atoms with van der Waals surface area (Å²) in [5.41, 5.74) is 2.09. The Morgan fingerprint density at radius 3 is 2.75 bits per heavy atom. The van der Waals surface area contributed by atoms with E-state index in [4.69, 9.17) is 0 Å². The zero-order valence-corrected chi connectivity index (χ0v) is 7.93. The van der Waals surface area contributed by atoms with Gasteiger partial charge >= 0.3 is 0 Å². The molecule has 0 aliphatic rings. The van der Waals surface area contributed by atoms with E-state index in [1.54, 1.807) is 23.7 Å². The third-order valence-electron chi connectivity index (χ3n) is 1.78. The number of hydrogen-bond acceptors (Lipinski definition) is 3. The van der Waals surface area contributed by atoms with Crippen LogP contribution in [0.2, 0.25) is 0 Å². The van der Waals surface area contributed by atoms with E-state index in [1.807, 2.05) is 0 Å². The van der Waals surface area contributed by atoms with Gasteiger partial charge in [-0.25, -0.2) is 0 Å². The highest BCUT2D eigenvalue weighted by molar-refractivity contribution is 7.11. The minimum atomic E-state index is 0.546. The molecule has 0 unspecified atom stereocenters. The summed E-state index contributed by atoms with van der Waals surface area (Å²) >= 11 is 1.75. The van der Waals surface area contributed by atoms with Crippen molar-refractivity contribution in [3.05, 3.63) is 22.7 Å². The molecule has 0 saturated heterocycles. The Kier molecular flexibility index (Phi) is 1.81. The van der Waals surface area contributed by atoms with E-state index in [2.05, 4.69) is 29.2 Å². The second-order valence-electron chi connectivity index (χ2n) is 3.04. The third-order valence-corrected chi connectivity index (χ3v) is 3.04. The van der Waals surface area contributed by atoms with Crippen molar-refractivity contribution >= 4 is 22.4 Å². The predicted molar refractivity (Wildman–Crippen MR) is 51.5 cm³/mol. The maximum atomic E-state index is 4.31. The topological polar surface area (TPSA) is 25.8 Å². The Balaban J connectivity index is 2.70. The first-order valence-electron chi connectivity index (χ1n) is 3.97. The van der Waals surface area contributed by atoms with Crippen LogP contribution in [0.5, 0.6) is 0 Å². The average Bonchev–Trinajstić information content (AvgIpc) is 2.47. The average molecular weight is 178 g/mol. The summed E-state index contributed by atoms with van der Waals surface area (Å²) < 4.78 is 0. The van der Waals surface area contributed by atoms with Gasteiger partial charge in [0, 0.05) is 22.7 Å². The molecule has 3 heteroatoms. The molecule has 2 aromatic heterocycles. The van der Waals surface area contributed by atoms with Gasteiger partial charge in [-0.1, -0.05) is 13.8 Å². The van der Waals surface area contributed by atoms with Crippen molar-refractivity contribution in [2.75, 3.05) is 0 Å². The Bertz CT molecular complexity index is 392. The van der Waals surface area contributed by atoms with E-state index in [9.17, 15) is 0 Å². The van der Waals surface area contributed by atoms with E-state index in [1.165, 1.54) is 4.88 Å². The fourth-order valence-corrected chi connectivity index (χ4v) is 2.16. The van der Waals surface area contributed by atoms with Crippen LogP contribution in [-0.2, 0) is 0 Å². The van der Waals surface area contributed by atoms with Gasteiger partial charge in [-0.05, 0) is 5.92 Å². The minimum Gasteiger partial charge on any atom is -0.252 e. The van der Waals surface area contributed by atoms with E-state index in [0.29, 0.717) is 5.92 Å². The highest BCUT2D eigenvalue weighted by atomic mass is 32.1. The maximum Gasteiger partial charge on any atom is 0.103 e. The van der Waals surface area contributed by atoms with Crippen LogP contribution in [-0.4, -0.2) is 9.97 Å². The molecule has 0 aliphatic carbocycles. The van der Waals surface area contributed by atoms with E-state index < -0.39 is 0 Å². The molecule has 12 heavy (non-hydrogen) atoms. The lowest BCUT2D eigenvalue weighted by molar-refractivity contribution is 0.894. The monoisotopic (exact) mass is 178 g/mol. The first kappa shape index (κ1) is 7.68. The van der Waals surface area contributed by atoms with Gasteiger partial charge in [0.25, 0.3) is 0 Å². The first-order valence-corrected chi connectivity index (χ1v) is 4.85. The number of hydrogen-bond donors (Lipinski definition) is 0. The van der Waals surface area contributed by atoms with Crippen molar-refractivity contribution in [1.82, 2.24) is 9.97 Å². The number of fused-ring (bicyclic) bond motifs is 1. The molecule has 0 aromatic carbocycles. The summed E-state index contributed by atoms with van der Waals surface area (Å²) in [5, 5.41) is 2.07. The largest absolute Gasteiger partial charge is 0.252 e. The molecule has 0 aliphatic heterocycles. The lowest BCUT2D eigenvalue weighted by Crippen LogP contribution is -1.85. The summed E-state index contributed by atoms with van der Waals surface area (Å²) in [7, 11) is 0. The fraction of sp³-hybridized carbons (Fsp3) is 0.333. The molecule has 2 nitrogen and oxygen atoms in total. The zero-order valence-electron chi connectivity index (χ0n) is 7.11. The number of nitrogens with zero attached hydrogens (tertiary/aromatic N) is 2. The van der Waals surface area contributed by atoms with Gasteiger partial charge in [-0.15, -0.1) is 11.3 Å². The summed E-state index contributed by atoms with van der Waals surface area (Å²) in [6.07, 6.45) is 3.49. The molecule has 0 fully saturated rings. The molecular formula is C9H10N2S. The Morgan fingerprint density at radius 2 is 2.00 bits per heavy atom. The molecule has 0 bridgehead atoms. The second kappa shape index (κ2) is 2.83. The molecule has 0 radical (unpaired) electrons. The molecular weight excluding hydrogens is 168 g/mol. The smallest absolute Gasteiger partial charge is 0.103 e. The van der Waals surface area contributed by atoms with Crippen molar-refractivity contribution in [2.24, 2.45) is 0 Å². The Hall–Kier alpha value is -0.960. The Labute approximate surface area is 75.3 Å². The molecule has 0 spiro atoms. The fourth-order valence-electron chi connectivity index (χ4n) is 1.21. The van der Waals surface area contributed by atoms with Crippen LogP contribution < -0.4 is 0 Å². The van der Waals surface area contributed by atoms with Gasteiger partial charge in [0.15, 0.2) is 0 Å². The first-order chi connectivity index (χ1) is 5.79. The van der Waals surface area contributed by atoms with Crippen molar-refractivity contribution in [2.45, 2.75) is 19.8 Å². The van der Waals surface area contributed by atoms with Gasteiger partial charge in [-0.3, -0.25) is 9.97 Å². The van der Waals surface area contributed by atoms with Crippen molar-refractivity contribution in [1.29, 1.82) is 0 Å². The van der Waals surface area contributed by atoms with E-state index >= 15 is 0 Å². The summed E-state index contributed by atoms with van der Waals surface area (Å²) in [4.78, 5) is 9.87. The maximum absolute atomic E-state index is 4.31. The molecule has 0 atom stereocenters. The number of rotatable bonds is 1. The predicted octanol–water partition coefficient (Wildman–Crippen LogP) is 2.81. The molecule has 0 N–H and O–H groups in total. The molecule has 62 valence electrons. The molecule has 2 heterocycles. The van der Waals surface area contributed by atoms with Gasteiger partial charge in [0.2, 0.25) is 0 Å². The second-order valence-corrected chi connectivity index (χ2v) is 3.96. The highest BCUT2D eigenvalue weighted by Gasteiger charge is 2.08. The van der Waals surface area contributed by atoms with Crippen LogP contribution in [0.25, 0.3) is 11.0 Å². The van der Waals surface area contributed by atoms with Crippen LogP contribution >= 0.6 is 11.3 Å². The van der Waals surface area contributed by atoms with Gasteiger partial charge in [0.1, 0.15) is 5.52 Å². The van der Waals surface area contributed by atoms with Gasteiger partial charge < -0.3 is 0 Å². The molecule has 2 rings (SSSR count). The van der Waals surface area contributed by atoms with Crippen LogP contribution in [0.4, 0.5) is 0 Å². The van der Waals surface area contributed by atoms with E-state index in [-0.39, 0.29) is 0 Å². The lowest BCUT2D eigenvalue weighted by atomic mass is 10.1. The zero-order chi connectivity index (χ0) is 8.55. The van der Waals surface area contributed by atoms with Crippen LogP contribution in [0, 0.1) is 0 Å². The Morgan fingerprint density at radius 1 is 1.25 bits per heavy atom. The number of aromatic nitrogens is 2. The standard InChI is InChI=1S/C9H10N2S/c1-6(2)9-8-7(5-12-9)10-3-4-11-8/h3-6H,1-2H3. The molecule has 0 saturated carbocycles. The molecule has 2 aromatic rings. The molecule has 0 amide bonds. The normalized spacial score (nSPS) is 11.2. The SMILES string of the molecule is CC(C)c1scc2nccnc12. The van der Waals surface area contributed by atoms with E-state index in [0.717, 1.165) is 11.0 Å². The summed E-state index contributed by atoms with van der Waals surface area (Å²) in [6.45, 7) is 4.36. The van der Waals surface area contributed by atoms with Crippen molar-refractivity contribution in [3.63, 3.8) is 0 Å². The van der Waals surface area contributed by atoms with Crippen molar-refractivity contribution in [3.8, 4) is 0 Å². The minimum absolute atomic E-state index is 0.546. The van der Waals surface area contributed by atoms with Gasteiger partial charge in [0.05, 0.1) is 5.52 Å². The third kappa shape index (κ3) is 1.10. The highest BCUT2D eigenvalue weighted by Crippen LogP contribution is 2.28. The summed E-state index contributed by atoms with van der Waals surface area (Å²) in [5.74, 6) is 0.546. The van der Waals surface area contributed by atoms with Crippen molar-refractivity contribution < 1.29 is 0 Å². The van der Waals surface area contributed by atoms with Crippen LogP contribution in [0.3, 0.4) is 0 Å². The lowest BCUT2D eigenvalue weighted by Gasteiger charge is -1.99. The number of thiophene rings is 1. The van der Waals surface area contributed by atoms with Crippen LogP contribution in [0.15, 0.2) is 17.8 Å². The van der Waals surface area contributed by atoms with Gasteiger partial charge in [-0.2, -0.15) is 0 Å². The summed E-state index contributed by atoms with van der Waals surface area (Å²) in [6, 6.07) is 0. The quantitative estimate of drug-likeness (QED) is 0.671. The van der Waals surface area contributed by atoms with Crippen LogP contribution in [0.1, 0.15) is 24.6 Å².